The molecule has 0 bridgehead atoms. The van der Waals surface area contributed by atoms with Crippen molar-refractivity contribution < 1.29 is 17.7 Å². The first-order valence-electron chi connectivity index (χ1n) is 7.97. The van der Waals surface area contributed by atoms with Crippen molar-refractivity contribution in [1.82, 2.24) is 14.8 Å². The normalized spacial score (nSPS) is 19.4. The molecular weight excluding hydrogens is 318 g/mol. The average molecular weight is 343 g/mol. The van der Waals surface area contributed by atoms with E-state index in [-0.39, 0.29) is 16.6 Å². The van der Waals surface area contributed by atoms with Crippen LogP contribution in [0.2, 0.25) is 0 Å². The van der Waals surface area contributed by atoms with Gasteiger partial charge in [0.15, 0.2) is 5.76 Å². The molecule has 0 radical (unpaired) electrons. The van der Waals surface area contributed by atoms with E-state index in [0.29, 0.717) is 37.5 Å². The second-order valence-electron chi connectivity index (χ2n) is 6.40. The maximum Gasteiger partial charge on any atom is 0.249 e. The molecular formula is C15H25N3O4S. The number of aromatic nitrogens is 1. The van der Waals surface area contributed by atoms with Crippen LogP contribution >= 0.6 is 0 Å². The molecule has 1 aromatic rings. The molecule has 0 saturated carbocycles. The van der Waals surface area contributed by atoms with Gasteiger partial charge in [-0.3, -0.25) is 4.79 Å². The van der Waals surface area contributed by atoms with Crippen LogP contribution in [0.15, 0.2) is 9.42 Å². The molecule has 1 unspecified atom stereocenters. The van der Waals surface area contributed by atoms with Crippen LogP contribution < -0.4 is 5.32 Å². The molecule has 130 valence electrons. The third kappa shape index (κ3) is 3.74. The SMILES string of the molecule is Cc1noc(C)c1S(=O)(=O)N1CCCC1C(=O)NCCC(C)C. The predicted octanol–water partition coefficient (Wildman–Crippen LogP) is 1.61. The van der Waals surface area contributed by atoms with Crippen LogP contribution in [-0.2, 0) is 14.8 Å². The molecule has 2 heterocycles. The Morgan fingerprint density at radius 2 is 2.13 bits per heavy atom. The lowest BCUT2D eigenvalue weighted by atomic mass is 10.1. The van der Waals surface area contributed by atoms with Crippen LogP contribution in [0.25, 0.3) is 0 Å². The monoisotopic (exact) mass is 343 g/mol. The summed E-state index contributed by atoms with van der Waals surface area (Å²) < 4.78 is 32.0. The highest BCUT2D eigenvalue weighted by atomic mass is 32.2. The summed E-state index contributed by atoms with van der Waals surface area (Å²) in [6.07, 6.45) is 2.08. The lowest BCUT2D eigenvalue weighted by Crippen LogP contribution is -2.46. The molecule has 1 aromatic heterocycles. The molecule has 23 heavy (non-hydrogen) atoms. The first-order valence-corrected chi connectivity index (χ1v) is 9.41. The number of nitrogens with zero attached hydrogens (tertiary/aromatic N) is 2. The summed E-state index contributed by atoms with van der Waals surface area (Å²) in [5, 5.41) is 6.56. The molecule has 7 nitrogen and oxygen atoms in total. The fourth-order valence-corrected chi connectivity index (χ4v) is 4.80. The summed E-state index contributed by atoms with van der Waals surface area (Å²) in [6.45, 7) is 8.23. The molecule has 1 amide bonds. The number of amides is 1. The number of carbonyl (C=O) groups is 1. The lowest BCUT2D eigenvalue weighted by molar-refractivity contribution is -0.124. The van der Waals surface area contributed by atoms with Crippen molar-refractivity contribution in [3.63, 3.8) is 0 Å². The Hall–Kier alpha value is -1.41. The minimum atomic E-state index is -3.78. The van der Waals surface area contributed by atoms with E-state index in [9.17, 15) is 13.2 Å². The highest BCUT2D eigenvalue weighted by molar-refractivity contribution is 7.89. The molecule has 0 spiro atoms. The Morgan fingerprint density at radius 3 is 2.70 bits per heavy atom. The van der Waals surface area contributed by atoms with Gasteiger partial charge in [-0.25, -0.2) is 8.42 Å². The average Bonchev–Trinajstić information content (AvgIpc) is 3.05. The Balaban J connectivity index is 2.16. The molecule has 0 aromatic carbocycles. The first kappa shape index (κ1) is 17.9. The molecule has 1 saturated heterocycles. The van der Waals surface area contributed by atoms with Gasteiger partial charge in [0.2, 0.25) is 15.9 Å². The number of sulfonamides is 1. The standard InChI is InChI=1S/C15H25N3O4S/c1-10(2)7-8-16-15(19)13-6-5-9-18(13)23(20,21)14-11(3)17-22-12(14)4/h10,13H,5-9H2,1-4H3,(H,16,19). The fourth-order valence-electron chi connectivity index (χ4n) is 2.85. The summed E-state index contributed by atoms with van der Waals surface area (Å²) in [5.74, 6) is 0.521. The summed E-state index contributed by atoms with van der Waals surface area (Å²) in [4.78, 5) is 12.4. The van der Waals surface area contributed by atoms with Crippen molar-refractivity contribution in [3.8, 4) is 0 Å². The third-order valence-corrected chi connectivity index (χ3v) is 6.22. The maximum atomic E-state index is 12.9. The van der Waals surface area contributed by atoms with Crippen molar-refractivity contribution in [3.05, 3.63) is 11.5 Å². The molecule has 1 aliphatic rings. The van der Waals surface area contributed by atoms with Gasteiger partial charge in [-0.2, -0.15) is 4.31 Å². The van der Waals surface area contributed by atoms with E-state index in [1.54, 1.807) is 13.8 Å². The van der Waals surface area contributed by atoms with Gasteiger partial charge in [-0.1, -0.05) is 19.0 Å². The van der Waals surface area contributed by atoms with Gasteiger partial charge < -0.3 is 9.84 Å². The number of carbonyl (C=O) groups excluding carboxylic acids is 1. The minimum absolute atomic E-state index is 0.0828. The van der Waals surface area contributed by atoms with Gasteiger partial charge in [0, 0.05) is 13.1 Å². The van der Waals surface area contributed by atoms with Crippen LogP contribution in [-0.4, -0.2) is 42.9 Å². The van der Waals surface area contributed by atoms with E-state index in [1.165, 1.54) is 4.31 Å². The van der Waals surface area contributed by atoms with Crippen LogP contribution in [0.4, 0.5) is 0 Å². The Labute approximate surface area is 137 Å². The van der Waals surface area contributed by atoms with Crippen molar-refractivity contribution in [1.29, 1.82) is 0 Å². The van der Waals surface area contributed by atoms with Gasteiger partial charge in [-0.15, -0.1) is 0 Å². The van der Waals surface area contributed by atoms with E-state index < -0.39 is 16.1 Å². The number of hydrogen-bond donors (Lipinski definition) is 1. The summed E-state index contributed by atoms with van der Waals surface area (Å²) >= 11 is 0. The van der Waals surface area contributed by atoms with Crippen molar-refractivity contribution in [2.45, 2.75) is 57.9 Å². The second kappa shape index (κ2) is 7.00. The van der Waals surface area contributed by atoms with E-state index in [1.807, 2.05) is 0 Å². The van der Waals surface area contributed by atoms with Crippen LogP contribution in [0, 0.1) is 19.8 Å². The quantitative estimate of drug-likeness (QED) is 0.847. The Bertz CT molecular complexity index is 647. The minimum Gasteiger partial charge on any atom is -0.360 e. The molecule has 0 aliphatic carbocycles. The van der Waals surface area contributed by atoms with E-state index >= 15 is 0 Å². The van der Waals surface area contributed by atoms with Crippen molar-refractivity contribution in [2.75, 3.05) is 13.1 Å². The highest BCUT2D eigenvalue weighted by Crippen LogP contribution is 2.29. The van der Waals surface area contributed by atoms with E-state index in [2.05, 4.69) is 24.3 Å². The molecule has 1 atom stereocenters. The summed E-state index contributed by atoms with van der Waals surface area (Å²) in [6, 6.07) is -0.652. The Kier molecular flexibility index (Phi) is 5.46. The van der Waals surface area contributed by atoms with Gasteiger partial charge in [0.05, 0.1) is 0 Å². The van der Waals surface area contributed by atoms with Gasteiger partial charge in [0.25, 0.3) is 0 Å². The highest BCUT2D eigenvalue weighted by Gasteiger charge is 2.41. The summed E-state index contributed by atoms with van der Waals surface area (Å²) in [7, 11) is -3.78. The van der Waals surface area contributed by atoms with Crippen LogP contribution in [0.3, 0.4) is 0 Å². The molecule has 1 fully saturated rings. The molecule has 8 heteroatoms. The number of rotatable bonds is 6. The smallest absolute Gasteiger partial charge is 0.249 e. The molecule has 2 rings (SSSR count). The first-order chi connectivity index (χ1) is 10.7. The topological polar surface area (TPSA) is 92.5 Å². The number of aryl methyl sites for hydroxylation is 2. The lowest BCUT2D eigenvalue weighted by Gasteiger charge is -2.23. The number of hydrogen-bond acceptors (Lipinski definition) is 5. The van der Waals surface area contributed by atoms with Gasteiger partial charge >= 0.3 is 0 Å². The van der Waals surface area contributed by atoms with Crippen LogP contribution in [0.1, 0.15) is 44.6 Å². The molecule has 1 N–H and O–H groups in total. The Morgan fingerprint density at radius 1 is 1.43 bits per heavy atom. The van der Waals surface area contributed by atoms with Gasteiger partial charge in [-0.05, 0) is 39.0 Å². The molecule has 1 aliphatic heterocycles. The van der Waals surface area contributed by atoms with Gasteiger partial charge in [0.1, 0.15) is 16.6 Å². The third-order valence-electron chi connectivity index (χ3n) is 4.06. The van der Waals surface area contributed by atoms with E-state index in [4.69, 9.17) is 4.52 Å². The number of nitrogens with one attached hydrogen (secondary N) is 1. The van der Waals surface area contributed by atoms with E-state index in [0.717, 1.165) is 6.42 Å². The summed E-state index contributed by atoms with van der Waals surface area (Å²) in [5.41, 5.74) is 0.327. The zero-order valence-corrected chi connectivity index (χ0v) is 14.9. The maximum absolute atomic E-state index is 12.9. The fraction of sp³-hybridized carbons (Fsp3) is 0.733. The van der Waals surface area contributed by atoms with Crippen LogP contribution in [0.5, 0.6) is 0 Å². The second-order valence-corrected chi connectivity index (χ2v) is 8.23. The van der Waals surface area contributed by atoms with Crippen molar-refractivity contribution in [2.24, 2.45) is 5.92 Å². The van der Waals surface area contributed by atoms with Crippen molar-refractivity contribution >= 4 is 15.9 Å². The predicted molar refractivity (Wildman–Crippen MR) is 85.4 cm³/mol. The largest absolute Gasteiger partial charge is 0.360 e. The zero-order chi connectivity index (χ0) is 17.2. The zero-order valence-electron chi connectivity index (χ0n) is 14.1.